The van der Waals surface area contributed by atoms with Crippen LogP contribution in [0, 0.1) is 13.8 Å². The highest BCUT2D eigenvalue weighted by Gasteiger charge is 2.08. The Balaban J connectivity index is 1.77. The second-order valence-corrected chi connectivity index (χ2v) is 5.56. The van der Waals surface area contributed by atoms with Crippen molar-refractivity contribution >= 4 is 23.2 Å². The van der Waals surface area contributed by atoms with Gasteiger partial charge < -0.3 is 9.73 Å². The molecule has 2 aromatic rings. The normalized spacial score (nSPS) is 11.2. The SMILES string of the molecule is C/C(=N/NC(=O)CCC(=O)Nc1ccc(C)c(C)c1)c1ccco1. The number of nitrogens with one attached hydrogen (secondary N) is 2. The first-order chi connectivity index (χ1) is 11.5. The number of aryl methyl sites for hydroxylation is 2. The van der Waals surface area contributed by atoms with Crippen molar-refractivity contribution in [2.75, 3.05) is 5.32 Å². The van der Waals surface area contributed by atoms with Gasteiger partial charge in [-0.25, -0.2) is 5.43 Å². The third kappa shape index (κ3) is 5.08. The van der Waals surface area contributed by atoms with Gasteiger partial charge in [0.15, 0.2) is 0 Å². The Hall–Kier alpha value is -2.89. The minimum atomic E-state index is -0.323. The van der Waals surface area contributed by atoms with E-state index in [4.69, 9.17) is 4.42 Å². The predicted molar refractivity (Wildman–Crippen MR) is 92.8 cm³/mol. The summed E-state index contributed by atoms with van der Waals surface area (Å²) in [5.41, 5.74) is 5.98. The van der Waals surface area contributed by atoms with Crippen molar-refractivity contribution in [2.45, 2.75) is 33.6 Å². The maximum atomic E-state index is 11.9. The van der Waals surface area contributed by atoms with E-state index >= 15 is 0 Å². The lowest BCUT2D eigenvalue weighted by Gasteiger charge is -2.07. The lowest BCUT2D eigenvalue weighted by Crippen LogP contribution is -2.21. The molecule has 126 valence electrons. The Kier molecular flexibility index (Phi) is 5.89. The predicted octanol–water partition coefficient (Wildman–Crippen LogP) is 3.16. The maximum Gasteiger partial charge on any atom is 0.240 e. The van der Waals surface area contributed by atoms with Crippen LogP contribution >= 0.6 is 0 Å². The lowest BCUT2D eigenvalue weighted by molar-refractivity contribution is -0.124. The molecule has 1 aromatic carbocycles. The second-order valence-electron chi connectivity index (χ2n) is 5.56. The van der Waals surface area contributed by atoms with Gasteiger partial charge in [0.2, 0.25) is 11.8 Å². The molecule has 6 nitrogen and oxygen atoms in total. The third-order valence-electron chi connectivity index (χ3n) is 3.60. The zero-order chi connectivity index (χ0) is 17.5. The summed E-state index contributed by atoms with van der Waals surface area (Å²) in [6.07, 6.45) is 1.69. The number of rotatable bonds is 6. The minimum Gasteiger partial charge on any atom is -0.463 e. The summed E-state index contributed by atoms with van der Waals surface area (Å²) in [5.74, 6) is 0.0547. The van der Waals surface area contributed by atoms with E-state index in [1.807, 2.05) is 32.0 Å². The van der Waals surface area contributed by atoms with E-state index in [1.165, 1.54) is 6.26 Å². The Morgan fingerprint density at radius 2 is 1.83 bits per heavy atom. The van der Waals surface area contributed by atoms with Gasteiger partial charge in [-0.15, -0.1) is 0 Å². The summed E-state index contributed by atoms with van der Waals surface area (Å²) in [7, 11) is 0. The molecule has 0 spiro atoms. The van der Waals surface area contributed by atoms with Crippen LogP contribution in [0.3, 0.4) is 0 Å². The van der Waals surface area contributed by atoms with Gasteiger partial charge in [-0.1, -0.05) is 6.07 Å². The third-order valence-corrected chi connectivity index (χ3v) is 3.60. The highest BCUT2D eigenvalue weighted by Crippen LogP contribution is 2.14. The Bertz CT molecular complexity index is 749. The van der Waals surface area contributed by atoms with Gasteiger partial charge in [0.05, 0.1) is 6.26 Å². The molecule has 0 saturated carbocycles. The molecule has 0 atom stereocenters. The van der Waals surface area contributed by atoms with Crippen LogP contribution in [0.25, 0.3) is 0 Å². The van der Waals surface area contributed by atoms with Crippen molar-refractivity contribution in [1.29, 1.82) is 0 Å². The van der Waals surface area contributed by atoms with E-state index in [2.05, 4.69) is 15.8 Å². The zero-order valence-corrected chi connectivity index (χ0v) is 14.1. The molecule has 0 radical (unpaired) electrons. The van der Waals surface area contributed by atoms with Crippen LogP contribution in [0.4, 0.5) is 5.69 Å². The quantitative estimate of drug-likeness (QED) is 0.631. The van der Waals surface area contributed by atoms with E-state index in [0.717, 1.165) is 16.8 Å². The van der Waals surface area contributed by atoms with Crippen molar-refractivity contribution in [3.63, 3.8) is 0 Å². The van der Waals surface area contributed by atoms with Crippen molar-refractivity contribution in [3.05, 3.63) is 53.5 Å². The number of hydrogen-bond acceptors (Lipinski definition) is 4. The Morgan fingerprint density at radius 1 is 1.08 bits per heavy atom. The van der Waals surface area contributed by atoms with Crippen molar-refractivity contribution in [2.24, 2.45) is 5.10 Å². The molecule has 0 aliphatic carbocycles. The van der Waals surface area contributed by atoms with E-state index in [9.17, 15) is 9.59 Å². The average Bonchev–Trinajstić information content (AvgIpc) is 3.08. The number of benzene rings is 1. The number of hydrazone groups is 1. The van der Waals surface area contributed by atoms with E-state index in [-0.39, 0.29) is 24.7 Å². The van der Waals surface area contributed by atoms with Gasteiger partial charge >= 0.3 is 0 Å². The van der Waals surface area contributed by atoms with Crippen LogP contribution < -0.4 is 10.7 Å². The topological polar surface area (TPSA) is 83.7 Å². The van der Waals surface area contributed by atoms with Gasteiger partial charge in [-0.05, 0) is 56.2 Å². The highest BCUT2D eigenvalue weighted by atomic mass is 16.3. The number of amides is 2. The molecular weight excluding hydrogens is 306 g/mol. The van der Waals surface area contributed by atoms with E-state index in [0.29, 0.717) is 11.5 Å². The first kappa shape index (κ1) is 17.5. The molecule has 24 heavy (non-hydrogen) atoms. The summed E-state index contributed by atoms with van der Waals surface area (Å²) in [5, 5.41) is 6.72. The van der Waals surface area contributed by atoms with Gasteiger partial charge in [0.1, 0.15) is 11.5 Å². The number of anilines is 1. The fourth-order valence-corrected chi connectivity index (χ4v) is 2.01. The van der Waals surface area contributed by atoms with Crippen molar-refractivity contribution < 1.29 is 14.0 Å². The fraction of sp³-hybridized carbons (Fsp3) is 0.278. The molecule has 0 saturated heterocycles. The molecule has 0 bridgehead atoms. The molecule has 6 heteroatoms. The minimum absolute atomic E-state index is 0.0611. The molecule has 2 amide bonds. The standard InChI is InChI=1S/C18H21N3O3/c1-12-6-7-15(11-13(12)2)19-17(22)8-9-18(23)21-20-14(3)16-5-4-10-24-16/h4-7,10-11H,8-9H2,1-3H3,(H,19,22)(H,21,23)/b20-14-. The number of furan rings is 1. The van der Waals surface area contributed by atoms with Gasteiger partial charge in [0.25, 0.3) is 0 Å². The highest BCUT2D eigenvalue weighted by molar-refractivity contribution is 5.97. The number of nitrogens with zero attached hydrogens (tertiary/aromatic N) is 1. The van der Waals surface area contributed by atoms with E-state index < -0.39 is 0 Å². The summed E-state index contributed by atoms with van der Waals surface area (Å²) < 4.78 is 5.16. The number of carbonyl (C=O) groups excluding carboxylic acids is 2. The molecule has 1 heterocycles. The first-order valence-corrected chi connectivity index (χ1v) is 7.70. The zero-order valence-electron chi connectivity index (χ0n) is 14.1. The summed E-state index contributed by atoms with van der Waals surface area (Å²) in [6, 6.07) is 9.20. The van der Waals surface area contributed by atoms with Crippen LogP contribution in [0.2, 0.25) is 0 Å². The smallest absolute Gasteiger partial charge is 0.240 e. The molecule has 0 fully saturated rings. The van der Waals surface area contributed by atoms with Crippen molar-refractivity contribution in [1.82, 2.24) is 5.43 Å². The van der Waals surface area contributed by atoms with E-state index in [1.54, 1.807) is 19.1 Å². The van der Waals surface area contributed by atoms with Crippen LogP contribution in [0.1, 0.15) is 36.7 Å². The van der Waals surface area contributed by atoms with Crippen LogP contribution in [-0.2, 0) is 9.59 Å². The summed E-state index contributed by atoms with van der Waals surface area (Å²) >= 11 is 0. The second kappa shape index (κ2) is 8.10. The monoisotopic (exact) mass is 327 g/mol. The molecule has 0 aliphatic rings. The fourth-order valence-electron chi connectivity index (χ4n) is 2.01. The van der Waals surface area contributed by atoms with Crippen LogP contribution in [-0.4, -0.2) is 17.5 Å². The van der Waals surface area contributed by atoms with Crippen LogP contribution in [0.15, 0.2) is 46.1 Å². The van der Waals surface area contributed by atoms with Gasteiger partial charge in [-0.3, -0.25) is 9.59 Å². The first-order valence-electron chi connectivity index (χ1n) is 7.70. The molecule has 0 aliphatic heterocycles. The molecular formula is C18H21N3O3. The largest absolute Gasteiger partial charge is 0.463 e. The van der Waals surface area contributed by atoms with Crippen molar-refractivity contribution in [3.8, 4) is 0 Å². The molecule has 1 aromatic heterocycles. The summed E-state index contributed by atoms with van der Waals surface area (Å²) in [4.78, 5) is 23.6. The van der Waals surface area contributed by atoms with Crippen LogP contribution in [0.5, 0.6) is 0 Å². The van der Waals surface area contributed by atoms with Gasteiger partial charge in [0, 0.05) is 18.5 Å². The maximum absolute atomic E-state index is 11.9. The number of carbonyl (C=O) groups is 2. The summed E-state index contributed by atoms with van der Waals surface area (Å²) in [6.45, 7) is 5.72. The number of hydrogen-bond donors (Lipinski definition) is 2. The Morgan fingerprint density at radius 3 is 2.50 bits per heavy atom. The Labute approximate surface area is 140 Å². The van der Waals surface area contributed by atoms with Gasteiger partial charge in [-0.2, -0.15) is 5.10 Å². The average molecular weight is 327 g/mol. The molecule has 0 unspecified atom stereocenters. The lowest BCUT2D eigenvalue weighted by atomic mass is 10.1. The molecule has 2 N–H and O–H groups in total. The molecule has 2 rings (SSSR count).